The first-order valence-electron chi connectivity index (χ1n) is 6.80. The van der Waals surface area contributed by atoms with Gasteiger partial charge >= 0.3 is 0 Å². The zero-order valence-electron chi connectivity index (χ0n) is 11.1. The van der Waals surface area contributed by atoms with Crippen molar-refractivity contribution in [3.63, 3.8) is 0 Å². The molecule has 0 aliphatic heterocycles. The molecule has 0 radical (unpaired) electrons. The highest BCUT2D eigenvalue weighted by Gasteiger charge is 2.45. The summed E-state index contributed by atoms with van der Waals surface area (Å²) in [5.41, 5.74) is -0.296. The molecule has 3 nitrogen and oxygen atoms in total. The molecule has 0 saturated heterocycles. The quantitative estimate of drug-likeness (QED) is 0.888. The first-order valence-corrected chi connectivity index (χ1v) is 7.68. The number of amides is 1. The highest BCUT2D eigenvalue weighted by Crippen LogP contribution is 2.46. The Balaban J connectivity index is 1.71. The summed E-state index contributed by atoms with van der Waals surface area (Å²) in [6.45, 7) is 0.270. The van der Waals surface area contributed by atoms with E-state index in [4.69, 9.17) is 0 Å². The first-order chi connectivity index (χ1) is 9.70. The Kier molecular flexibility index (Phi) is 3.59. The number of nitrogens with one attached hydrogen (secondary N) is 1. The average Bonchev–Trinajstić information content (AvgIpc) is 3.20. The van der Waals surface area contributed by atoms with E-state index in [0.717, 1.165) is 17.7 Å². The van der Waals surface area contributed by atoms with Crippen molar-refractivity contribution < 1.29 is 9.90 Å². The van der Waals surface area contributed by atoms with Gasteiger partial charge in [0.25, 0.3) is 5.91 Å². The van der Waals surface area contributed by atoms with Crippen molar-refractivity contribution in [1.82, 2.24) is 5.32 Å². The molecule has 104 valence electrons. The number of aliphatic hydroxyl groups is 1. The Labute approximate surface area is 122 Å². The van der Waals surface area contributed by atoms with E-state index in [1.54, 1.807) is 23.5 Å². The number of benzene rings is 1. The standard InChI is InChI=1S/C16H17NO2S/c18-15(12-5-2-1-3-6-12)17-11-16(19,13-8-9-13)14-7-4-10-20-14/h1-7,10,13,19H,8-9,11H2,(H,17,18). The van der Waals surface area contributed by atoms with Crippen LogP contribution in [0.25, 0.3) is 0 Å². The molecule has 0 bridgehead atoms. The van der Waals surface area contributed by atoms with Crippen LogP contribution in [-0.2, 0) is 5.60 Å². The molecule has 1 fully saturated rings. The summed E-state index contributed by atoms with van der Waals surface area (Å²) in [4.78, 5) is 13.0. The van der Waals surface area contributed by atoms with Gasteiger partial charge in [-0.2, -0.15) is 0 Å². The van der Waals surface area contributed by atoms with Crippen LogP contribution in [0.15, 0.2) is 47.8 Å². The average molecular weight is 287 g/mol. The van der Waals surface area contributed by atoms with Crippen molar-refractivity contribution in [1.29, 1.82) is 0 Å². The van der Waals surface area contributed by atoms with Crippen LogP contribution in [0.4, 0.5) is 0 Å². The van der Waals surface area contributed by atoms with Gasteiger partial charge in [0.15, 0.2) is 0 Å². The normalized spacial score (nSPS) is 17.4. The van der Waals surface area contributed by atoms with Crippen LogP contribution >= 0.6 is 11.3 Å². The fraction of sp³-hybridized carbons (Fsp3) is 0.312. The summed E-state index contributed by atoms with van der Waals surface area (Å²) in [6, 6.07) is 13.0. The molecule has 2 N–H and O–H groups in total. The summed E-state index contributed by atoms with van der Waals surface area (Å²) < 4.78 is 0. The molecular formula is C16H17NO2S. The molecular weight excluding hydrogens is 270 g/mol. The second-order valence-corrected chi connectivity index (χ2v) is 6.17. The first kappa shape index (κ1) is 13.3. The van der Waals surface area contributed by atoms with E-state index in [0.29, 0.717) is 5.56 Å². The van der Waals surface area contributed by atoms with Gasteiger partial charge in [0.1, 0.15) is 5.60 Å². The van der Waals surface area contributed by atoms with E-state index in [9.17, 15) is 9.90 Å². The van der Waals surface area contributed by atoms with Crippen molar-refractivity contribution in [2.45, 2.75) is 18.4 Å². The minimum absolute atomic E-state index is 0.138. The molecule has 1 unspecified atom stereocenters. The number of hydrogen-bond acceptors (Lipinski definition) is 3. The number of hydrogen-bond donors (Lipinski definition) is 2. The molecule has 20 heavy (non-hydrogen) atoms. The third-order valence-electron chi connectivity index (χ3n) is 3.76. The molecule has 3 rings (SSSR count). The van der Waals surface area contributed by atoms with Gasteiger partial charge in [0.2, 0.25) is 0 Å². The number of thiophene rings is 1. The van der Waals surface area contributed by atoms with E-state index >= 15 is 0 Å². The second-order valence-electron chi connectivity index (χ2n) is 5.22. The Morgan fingerprint density at radius 2 is 2.00 bits per heavy atom. The molecule has 0 spiro atoms. The fourth-order valence-corrected chi connectivity index (χ4v) is 3.33. The van der Waals surface area contributed by atoms with Crippen molar-refractivity contribution in [3.8, 4) is 0 Å². The molecule has 1 aliphatic carbocycles. The predicted octanol–water partition coefficient (Wildman–Crippen LogP) is 2.78. The lowest BCUT2D eigenvalue weighted by molar-refractivity contribution is 0.0169. The molecule has 1 heterocycles. The monoisotopic (exact) mass is 287 g/mol. The lowest BCUT2D eigenvalue weighted by atomic mass is 9.95. The summed E-state index contributed by atoms with van der Waals surface area (Å²) in [5, 5.41) is 15.7. The Morgan fingerprint density at radius 3 is 2.60 bits per heavy atom. The summed E-state index contributed by atoms with van der Waals surface area (Å²) in [5.74, 6) is 0.124. The minimum Gasteiger partial charge on any atom is -0.382 e. The van der Waals surface area contributed by atoms with Gasteiger partial charge in [-0.25, -0.2) is 0 Å². The van der Waals surface area contributed by atoms with Crippen LogP contribution in [0, 0.1) is 5.92 Å². The number of rotatable bonds is 5. The lowest BCUT2D eigenvalue weighted by Crippen LogP contribution is -2.42. The molecule has 1 amide bonds. The minimum atomic E-state index is -0.918. The van der Waals surface area contributed by atoms with Gasteiger partial charge in [-0.05, 0) is 42.3 Å². The SMILES string of the molecule is O=C(NCC(O)(c1cccs1)C1CC1)c1ccccc1. The third kappa shape index (κ3) is 2.62. The Hall–Kier alpha value is -1.65. The lowest BCUT2D eigenvalue weighted by Gasteiger charge is -2.27. The molecule has 1 aliphatic rings. The zero-order chi connectivity index (χ0) is 14.0. The highest BCUT2D eigenvalue weighted by molar-refractivity contribution is 7.10. The molecule has 1 aromatic heterocycles. The van der Waals surface area contributed by atoms with Crippen LogP contribution in [0.5, 0.6) is 0 Å². The highest BCUT2D eigenvalue weighted by atomic mass is 32.1. The van der Waals surface area contributed by atoms with Crippen molar-refractivity contribution in [2.75, 3.05) is 6.54 Å². The van der Waals surface area contributed by atoms with Gasteiger partial charge < -0.3 is 10.4 Å². The van der Waals surface area contributed by atoms with Crippen LogP contribution in [0.1, 0.15) is 28.1 Å². The fourth-order valence-electron chi connectivity index (χ4n) is 2.43. The third-order valence-corrected chi connectivity index (χ3v) is 4.79. The summed E-state index contributed by atoms with van der Waals surface area (Å²) in [6.07, 6.45) is 2.05. The molecule has 1 aromatic carbocycles. The van der Waals surface area contributed by atoms with Crippen LogP contribution in [0.3, 0.4) is 0 Å². The van der Waals surface area contributed by atoms with E-state index in [-0.39, 0.29) is 18.4 Å². The van der Waals surface area contributed by atoms with E-state index in [1.165, 1.54) is 0 Å². The van der Waals surface area contributed by atoms with Gasteiger partial charge in [-0.15, -0.1) is 11.3 Å². The molecule has 1 saturated carbocycles. The largest absolute Gasteiger partial charge is 0.382 e. The smallest absolute Gasteiger partial charge is 0.251 e. The Bertz CT molecular complexity index is 578. The number of carbonyl (C=O) groups is 1. The van der Waals surface area contributed by atoms with Crippen LogP contribution in [-0.4, -0.2) is 17.6 Å². The maximum absolute atomic E-state index is 12.1. The summed E-state index contributed by atoms with van der Waals surface area (Å²) >= 11 is 1.54. The predicted molar refractivity (Wildman–Crippen MR) is 79.7 cm³/mol. The molecule has 1 atom stereocenters. The van der Waals surface area contributed by atoms with Crippen LogP contribution in [0.2, 0.25) is 0 Å². The van der Waals surface area contributed by atoms with Gasteiger partial charge in [0, 0.05) is 10.4 Å². The maximum atomic E-state index is 12.1. The second kappa shape index (κ2) is 5.38. The maximum Gasteiger partial charge on any atom is 0.251 e. The van der Waals surface area contributed by atoms with Gasteiger partial charge in [-0.3, -0.25) is 4.79 Å². The van der Waals surface area contributed by atoms with Crippen molar-refractivity contribution in [2.24, 2.45) is 5.92 Å². The molecule has 4 heteroatoms. The van der Waals surface area contributed by atoms with Crippen molar-refractivity contribution >= 4 is 17.2 Å². The van der Waals surface area contributed by atoms with E-state index in [2.05, 4.69) is 5.32 Å². The zero-order valence-corrected chi connectivity index (χ0v) is 11.9. The van der Waals surface area contributed by atoms with E-state index < -0.39 is 5.60 Å². The Morgan fingerprint density at radius 1 is 1.25 bits per heavy atom. The van der Waals surface area contributed by atoms with Crippen LogP contribution < -0.4 is 5.32 Å². The van der Waals surface area contributed by atoms with Crippen molar-refractivity contribution in [3.05, 3.63) is 58.3 Å². The molecule has 2 aromatic rings. The van der Waals surface area contributed by atoms with Gasteiger partial charge in [0.05, 0.1) is 6.54 Å². The summed E-state index contributed by atoms with van der Waals surface area (Å²) in [7, 11) is 0. The van der Waals surface area contributed by atoms with Gasteiger partial charge in [-0.1, -0.05) is 24.3 Å². The van der Waals surface area contributed by atoms with E-state index in [1.807, 2.05) is 35.7 Å². The topological polar surface area (TPSA) is 49.3 Å². The number of carbonyl (C=O) groups excluding carboxylic acids is 1.